The molecule has 6 rings (SSSR count). The second-order valence-corrected chi connectivity index (χ2v) is 10.9. The fourth-order valence-electron chi connectivity index (χ4n) is 6.73. The van der Waals surface area contributed by atoms with Crippen molar-refractivity contribution in [2.45, 2.75) is 63.7 Å². The molecule has 0 saturated carbocycles. The monoisotopic (exact) mass is 525 g/mol. The van der Waals surface area contributed by atoms with Crippen LogP contribution in [0.4, 0.5) is 14.9 Å². The molecule has 1 aromatic heterocycles. The second kappa shape index (κ2) is 11.2. The van der Waals surface area contributed by atoms with Gasteiger partial charge in [0, 0.05) is 43.4 Å². The highest BCUT2D eigenvalue weighted by molar-refractivity contribution is 5.91. The van der Waals surface area contributed by atoms with Crippen molar-refractivity contribution in [1.82, 2.24) is 19.8 Å². The van der Waals surface area contributed by atoms with E-state index in [0.29, 0.717) is 31.2 Å². The summed E-state index contributed by atoms with van der Waals surface area (Å²) in [6, 6.07) is 26.1. The van der Waals surface area contributed by atoms with Crippen LogP contribution in [0, 0.1) is 12.7 Å². The maximum Gasteiger partial charge on any atom is 0.322 e. The van der Waals surface area contributed by atoms with E-state index in [2.05, 4.69) is 46.0 Å². The maximum absolute atomic E-state index is 13.6. The first-order chi connectivity index (χ1) is 19.1. The summed E-state index contributed by atoms with van der Waals surface area (Å²) in [5, 5.41) is 2.98. The highest BCUT2D eigenvalue weighted by atomic mass is 19.1. The minimum Gasteiger partial charge on any atom is -0.334 e. The van der Waals surface area contributed by atoms with Crippen molar-refractivity contribution in [2.75, 3.05) is 18.0 Å². The summed E-state index contributed by atoms with van der Waals surface area (Å²) in [5.41, 5.74) is 3.95. The number of nitrogens with zero attached hydrogens (tertiary/aromatic N) is 4. The molecule has 2 aliphatic rings. The van der Waals surface area contributed by atoms with Crippen molar-refractivity contribution in [3.05, 3.63) is 96.1 Å². The molecule has 2 saturated heterocycles. The van der Waals surface area contributed by atoms with Gasteiger partial charge in [0.1, 0.15) is 11.6 Å². The fourth-order valence-corrected chi connectivity index (χ4v) is 6.73. The van der Waals surface area contributed by atoms with Crippen LogP contribution in [0.3, 0.4) is 0 Å². The van der Waals surface area contributed by atoms with Gasteiger partial charge in [-0.15, -0.1) is 0 Å². The summed E-state index contributed by atoms with van der Waals surface area (Å²) in [7, 11) is 0. The summed E-state index contributed by atoms with van der Waals surface area (Å²) >= 11 is 0. The molecule has 3 aromatic carbocycles. The molecule has 2 aliphatic heterocycles. The van der Waals surface area contributed by atoms with Crippen molar-refractivity contribution in [3.63, 3.8) is 0 Å². The van der Waals surface area contributed by atoms with Crippen molar-refractivity contribution in [2.24, 2.45) is 0 Å². The van der Waals surface area contributed by atoms with Crippen LogP contribution in [0.5, 0.6) is 0 Å². The minimum atomic E-state index is -0.295. The van der Waals surface area contributed by atoms with E-state index in [0.717, 1.165) is 48.4 Å². The Kier molecular flexibility index (Phi) is 7.33. The van der Waals surface area contributed by atoms with E-state index in [9.17, 15) is 9.18 Å². The Morgan fingerprint density at radius 3 is 2.49 bits per heavy atom. The van der Waals surface area contributed by atoms with E-state index >= 15 is 0 Å². The second-order valence-electron chi connectivity index (χ2n) is 10.9. The van der Waals surface area contributed by atoms with E-state index in [1.807, 2.05) is 41.3 Å². The van der Waals surface area contributed by atoms with Crippen LogP contribution in [-0.2, 0) is 6.54 Å². The number of halogens is 1. The number of piperidine rings is 1. The van der Waals surface area contributed by atoms with E-state index in [1.54, 1.807) is 6.07 Å². The summed E-state index contributed by atoms with van der Waals surface area (Å²) in [5.74, 6) is 0.813. The number of imidazole rings is 1. The number of hydrogen-bond acceptors (Lipinski definition) is 3. The molecule has 202 valence electrons. The lowest BCUT2D eigenvalue weighted by Crippen LogP contribution is -2.45. The quantitative estimate of drug-likeness (QED) is 0.287. The van der Waals surface area contributed by atoms with Crippen LogP contribution in [0.15, 0.2) is 78.9 Å². The van der Waals surface area contributed by atoms with Crippen LogP contribution in [0.2, 0.25) is 0 Å². The molecule has 2 unspecified atom stereocenters. The number of rotatable bonds is 8. The van der Waals surface area contributed by atoms with Crippen LogP contribution in [0.1, 0.15) is 49.5 Å². The third-order valence-electron chi connectivity index (χ3n) is 8.44. The van der Waals surface area contributed by atoms with Gasteiger partial charge in [-0.25, -0.2) is 14.2 Å². The number of carbonyl (C=O) groups excluding carboxylic acids is 1. The standard InChI is InChI=1S/C32H36FN5O/c1-23-35-30-13-5-6-14-31(30)38(23)29-20-27-15-16-28(21-29)36(27)17-8-18-37(26-11-3-2-4-12-26)32(39)34-22-24-9-7-10-25(33)19-24/h2-7,9-14,19,27-29H,8,15-18,20-22H2,1H3,(H,34,39). The fraction of sp³-hybridized carbons (Fsp3) is 0.375. The number of fused-ring (bicyclic) bond motifs is 3. The predicted molar refractivity (Wildman–Crippen MR) is 153 cm³/mol. The Bertz CT molecular complexity index is 1420. The first kappa shape index (κ1) is 25.6. The summed E-state index contributed by atoms with van der Waals surface area (Å²) in [6.45, 7) is 4.03. The molecule has 3 heterocycles. The molecule has 2 atom stereocenters. The van der Waals surface area contributed by atoms with Gasteiger partial charge < -0.3 is 9.88 Å². The lowest BCUT2D eigenvalue weighted by Gasteiger charge is -2.40. The molecule has 7 heteroatoms. The first-order valence-electron chi connectivity index (χ1n) is 14.1. The van der Waals surface area contributed by atoms with Crippen molar-refractivity contribution >= 4 is 22.8 Å². The molecule has 39 heavy (non-hydrogen) atoms. The SMILES string of the molecule is Cc1nc2ccccc2n1C1CC2CCC(C1)N2CCCN(C(=O)NCc1cccc(F)c1)c1ccccc1. The average molecular weight is 526 g/mol. The topological polar surface area (TPSA) is 53.4 Å². The molecular formula is C32H36FN5O. The van der Waals surface area contributed by atoms with Crippen LogP contribution in [-0.4, -0.2) is 45.7 Å². The zero-order chi connectivity index (χ0) is 26.8. The Labute approximate surface area is 229 Å². The Morgan fingerprint density at radius 1 is 0.974 bits per heavy atom. The Balaban J connectivity index is 1.09. The summed E-state index contributed by atoms with van der Waals surface area (Å²) in [4.78, 5) is 22.6. The highest BCUT2D eigenvalue weighted by Gasteiger charge is 2.41. The van der Waals surface area contributed by atoms with Crippen LogP contribution < -0.4 is 10.2 Å². The van der Waals surface area contributed by atoms with Crippen molar-refractivity contribution in [1.29, 1.82) is 0 Å². The number of para-hydroxylation sites is 3. The average Bonchev–Trinajstić information content (AvgIpc) is 3.40. The minimum absolute atomic E-state index is 0.158. The van der Waals surface area contributed by atoms with Gasteiger partial charge in [0.2, 0.25) is 0 Å². The smallest absolute Gasteiger partial charge is 0.322 e. The van der Waals surface area contributed by atoms with E-state index in [-0.39, 0.29) is 11.8 Å². The number of benzene rings is 3. The molecule has 2 amide bonds. The third-order valence-corrected chi connectivity index (χ3v) is 8.44. The van der Waals surface area contributed by atoms with Gasteiger partial charge in [0.25, 0.3) is 0 Å². The number of aryl methyl sites for hydroxylation is 1. The van der Waals surface area contributed by atoms with Gasteiger partial charge in [-0.1, -0.05) is 42.5 Å². The molecule has 1 N–H and O–H groups in total. The van der Waals surface area contributed by atoms with Gasteiger partial charge in [-0.2, -0.15) is 0 Å². The van der Waals surface area contributed by atoms with Gasteiger partial charge in [-0.05, 0) is 81.0 Å². The number of anilines is 1. The van der Waals surface area contributed by atoms with E-state index < -0.39 is 0 Å². The lowest BCUT2D eigenvalue weighted by atomic mass is 9.96. The molecule has 4 aromatic rings. The van der Waals surface area contributed by atoms with Crippen molar-refractivity contribution in [3.8, 4) is 0 Å². The zero-order valence-corrected chi connectivity index (χ0v) is 22.5. The Morgan fingerprint density at radius 2 is 1.72 bits per heavy atom. The summed E-state index contributed by atoms with van der Waals surface area (Å²) in [6.07, 6.45) is 5.67. The molecule has 6 nitrogen and oxygen atoms in total. The number of hydrogen-bond donors (Lipinski definition) is 1. The number of urea groups is 1. The van der Waals surface area contributed by atoms with E-state index in [4.69, 9.17) is 4.98 Å². The predicted octanol–water partition coefficient (Wildman–Crippen LogP) is 6.46. The molecule has 2 bridgehead atoms. The molecular weight excluding hydrogens is 489 g/mol. The highest BCUT2D eigenvalue weighted by Crippen LogP contribution is 2.42. The van der Waals surface area contributed by atoms with Crippen LogP contribution in [0.25, 0.3) is 11.0 Å². The summed E-state index contributed by atoms with van der Waals surface area (Å²) < 4.78 is 16.1. The van der Waals surface area contributed by atoms with Gasteiger partial charge in [0.15, 0.2) is 0 Å². The molecule has 0 radical (unpaired) electrons. The van der Waals surface area contributed by atoms with Gasteiger partial charge >= 0.3 is 6.03 Å². The number of nitrogens with one attached hydrogen (secondary N) is 1. The maximum atomic E-state index is 13.6. The zero-order valence-electron chi connectivity index (χ0n) is 22.5. The molecule has 0 spiro atoms. The lowest BCUT2D eigenvalue weighted by molar-refractivity contribution is 0.107. The third kappa shape index (κ3) is 5.41. The normalized spacial score (nSPS) is 20.8. The number of carbonyl (C=O) groups is 1. The number of aromatic nitrogens is 2. The van der Waals surface area contributed by atoms with Crippen LogP contribution >= 0.6 is 0 Å². The largest absolute Gasteiger partial charge is 0.334 e. The number of amides is 2. The van der Waals surface area contributed by atoms with Crippen molar-refractivity contribution < 1.29 is 9.18 Å². The van der Waals surface area contributed by atoms with E-state index in [1.165, 1.54) is 30.5 Å². The molecule has 0 aliphatic carbocycles. The first-order valence-corrected chi connectivity index (χ1v) is 14.1. The van der Waals surface area contributed by atoms with Gasteiger partial charge in [-0.3, -0.25) is 9.80 Å². The van der Waals surface area contributed by atoms with Gasteiger partial charge in [0.05, 0.1) is 11.0 Å². The Hall–Kier alpha value is -3.71. The molecule has 2 fully saturated rings.